The van der Waals surface area contributed by atoms with Crippen molar-refractivity contribution >= 4 is 34.2 Å². The number of hydrogen-bond acceptors (Lipinski definition) is 6. The number of nitrogens with zero attached hydrogens (tertiary/aromatic N) is 1. The minimum Gasteiger partial charge on any atom is -0.397 e. The van der Waals surface area contributed by atoms with Crippen molar-refractivity contribution in [2.75, 3.05) is 11.5 Å². The number of aromatic nitrogens is 1. The second-order valence-electron chi connectivity index (χ2n) is 3.77. The number of pyridine rings is 1. The summed E-state index contributed by atoms with van der Waals surface area (Å²) in [5.41, 5.74) is 6.08. The molecule has 5 nitrogen and oxygen atoms in total. The Morgan fingerprint density at radius 3 is 2.83 bits per heavy atom. The Labute approximate surface area is 114 Å². The van der Waals surface area contributed by atoms with Gasteiger partial charge in [0.15, 0.2) is 5.12 Å². The molecule has 0 spiro atoms. The molecule has 0 aliphatic rings. The Balaban J connectivity index is 2.62. The largest absolute Gasteiger partial charge is 0.397 e. The van der Waals surface area contributed by atoms with E-state index in [4.69, 9.17) is 17.3 Å². The van der Waals surface area contributed by atoms with Gasteiger partial charge in [0.25, 0.3) is 0 Å². The molecular weight excluding hydrogens is 276 g/mol. The maximum Gasteiger partial charge on any atom is 0.185 e. The van der Waals surface area contributed by atoms with Gasteiger partial charge in [-0.2, -0.15) is 0 Å². The van der Waals surface area contributed by atoms with E-state index < -0.39 is 12.2 Å². The third-order valence-electron chi connectivity index (χ3n) is 2.28. The molecule has 0 aromatic carbocycles. The van der Waals surface area contributed by atoms with Gasteiger partial charge in [0.2, 0.25) is 0 Å². The molecule has 4 N–H and O–H groups in total. The van der Waals surface area contributed by atoms with E-state index in [2.05, 4.69) is 4.98 Å². The van der Waals surface area contributed by atoms with E-state index in [1.54, 1.807) is 0 Å². The number of nitrogens with two attached hydrogens (primary N) is 1. The van der Waals surface area contributed by atoms with Crippen LogP contribution in [0.3, 0.4) is 0 Å². The third-order valence-corrected chi connectivity index (χ3v) is 3.33. The van der Waals surface area contributed by atoms with Crippen molar-refractivity contribution in [3.63, 3.8) is 0 Å². The fraction of sp³-hybridized carbons (Fsp3) is 0.455. The highest BCUT2D eigenvalue weighted by molar-refractivity contribution is 8.13. The lowest BCUT2D eigenvalue weighted by molar-refractivity contribution is -0.109. The van der Waals surface area contributed by atoms with Crippen LogP contribution in [0.25, 0.3) is 0 Å². The molecule has 0 fully saturated rings. The van der Waals surface area contributed by atoms with Crippen LogP contribution in [0.2, 0.25) is 5.02 Å². The van der Waals surface area contributed by atoms with Crippen LogP contribution in [0, 0.1) is 0 Å². The predicted octanol–water partition coefficient (Wildman–Crippen LogP) is 1.38. The topological polar surface area (TPSA) is 96.4 Å². The number of halogens is 1. The zero-order valence-electron chi connectivity index (χ0n) is 9.84. The van der Waals surface area contributed by atoms with Crippen LogP contribution in [0.4, 0.5) is 5.69 Å². The summed E-state index contributed by atoms with van der Waals surface area (Å²) < 4.78 is 0. The summed E-state index contributed by atoms with van der Waals surface area (Å²) in [5.74, 6) is 0.432. The summed E-state index contributed by atoms with van der Waals surface area (Å²) in [7, 11) is 0. The van der Waals surface area contributed by atoms with Crippen LogP contribution in [0.1, 0.15) is 25.1 Å². The second kappa shape index (κ2) is 6.94. The molecule has 2 atom stereocenters. The summed E-state index contributed by atoms with van der Waals surface area (Å²) in [6.45, 7) is 1.45. The summed E-state index contributed by atoms with van der Waals surface area (Å²) in [5, 5.41) is 20.0. The Morgan fingerprint density at radius 1 is 1.61 bits per heavy atom. The molecular formula is C11H15ClN2O3S. The van der Waals surface area contributed by atoms with Crippen LogP contribution in [-0.2, 0) is 4.79 Å². The number of rotatable bonds is 5. The first-order valence-electron chi connectivity index (χ1n) is 5.32. The van der Waals surface area contributed by atoms with E-state index in [9.17, 15) is 15.0 Å². The summed E-state index contributed by atoms with van der Waals surface area (Å²) in [6, 6.07) is 1.46. The molecule has 1 rings (SSSR count). The van der Waals surface area contributed by atoms with Gasteiger partial charge < -0.3 is 15.9 Å². The minimum absolute atomic E-state index is 0.0270. The average Bonchev–Trinajstić information content (AvgIpc) is 2.27. The Hall–Kier alpha value is -0.820. The predicted molar refractivity (Wildman–Crippen MR) is 72.4 cm³/mol. The van der Waals surface area contributed by atoms with Crippen molar-refractivity contribution in [2.24, 2.45) is 0 Å². The maximum absolute atomic E-state index is 10.7. The van der Waals surface area contributed by atoms with Crippen LogP contribution in [0.15, 0.2) is 12.3 Å². The average molecular weight is 291 g/mol. The number of hydrogen-bond donors (Lipinski definition) is 3. The van der Waals surface area contributed by atoms with Crippen molar-refractivity contribution in [2.45, 2.75) is 25.6 Å². The van der Waals surface area contributed by atoms with Gasteiger partial charge in [0.05, 0.1) is 22.5 Å². The van der Waals surface area contributed by atoms with E-state index in [-0.39, 0.29) is 22.9 Å². The number of nitrogen functional groups attached to an aromatic ring is 1. The molecule has 2 unspecified atom stereocenters. The number of carbonyl (C=O) groups excluding carboxylic acids is 1. The van der Waals surface area contributed by atoms with Gasteiger partial charge in [0.1, 0.15) is 6.10 Å². The fourth-order valence-corrected chi connectivity index (χ4v) is 2.19. The lowest BCUT2D eigenvalue weighted by Crippen LogP contribution is -2.21. The first kappa shape index (κ1) is 15.2. The van der Waals surface area contributed by atoms with E-state index in [0.717, 1.165) is 11.8 Å². The number of thioether (sulfide) groups is 1. The lowest BCUT2D eigenvalue weighted by Gasteiger charge is -2.18. The number of anilines is 1. The highest BCUT2D eigenvalue weighted by Crippen LogP contribution is 2.25. The molecule has 1 aromatic rings. The Morgan fingerprint density at radius 2 is 2.28 bits per heavy atom. The lowest BCUT2D eigenvalue weighted by atomic mass is 10.1. The summed E-state index contributed by atoms with van der Waals surface area (Å²) in [6.07, 6.45) is -0.578. The Bertz CT molecular complexity index is 431. The third kappa shape index (κ3) is 4.45. The van der Waals surface area contributed by atoms with Crippen molar-refractivity contribution in [1.29, 1.82) is 0 Å². The first-order chi connectivity index (χ1) is 8.41. The molecule has 100 valence electrons. The highest BCUT2D eigenvalue weighted by Gasteiger charge is 2.22. The van der Waals surface area contributed by atoms with Crippen LogP contribution >= 0.6 is 23.4 Å². The second-order valence-corrected chi connectivity index (χ2v) is 5.48. The van der Waals surface area contributed by atoms with Crippen LogP contribution in [0.5, 0.6) is 0 Å². The number of aliphatic hydroxyl groups excluding tert-OH is 2. The molecule has 0 saturated heterocycles. The summed E-state index contributed by atoms with van der Waals surface area (Å²) in [4.78, 5) is 14.6. The monoisotopic (exact) mass is 290 g/mol. The zero-order valence-corrected chi connectivity index (χ0v) is 11.4. The van der Waals surface area contributed by atoms with Gasteiger partial charge in [-0.3, -0.25) is 9.78 Å². The number of aliphatic hydroxyl groups is 2. The smallest absolute Gasteiger partial charge is 0.185 e. The van der Waals surface area contributed by atoms with Gasteiger partial charge in [-0.05, 0) is 12.5 Å². The SMILES string of the molecule is CC(=O)SCCC(O)C(O)c1ncc(Cl)cc1N. The van der Waals surface area contributed by atoms with Gasteiger partial charge in [0, 0.05) is 18.9 Å². The van der Waals surface area contributed by atoms with Gasteiger partial charge in [-0.1, -0.05) is 23.4 Å². The molecule has 0 aliphatic heterocycles. The van der Waals surface area contributed by atoms with Gasteiger partial charge in [-0.25, -0.2) is 0 Å². The van der Waals surface area contributed by atoms with Crippen molar-refractivity contribution in [3.05, 3.63) is 23.0 Å². The van der Waals surface area contributed by atoms with Crippen molar-refractivity contribution < 1.29 is 15.0 Å². The number of carbonyl (C=O) groups is 1. The molecule has 18 heavy (non-hydrogen) atoms. The van der Waals surface area contributed by atoms with E-state index in [1.165, 1.54) is 19.2 Å². The standard InChI is InChI=1S/C11H15ClN2O3S/c1-6(15)18-3-2-9(16)11(17)10-8(13)4-7(12)5-14-10/h4-5,9,11,16-17H,2-3,13H2,1H3. The highest BCUT2D eigenvalue weighted by atomic mass is 35.5. The normalized spacial score (nSPS) is 14.2. The molecule has 0 amide bonds. The molecule has 1 aromatic heterocycles. The Kier molecular flexibility index (Phi) is 5.87. The fourth-order valence-electron chi connectivity index (χ4n) is 1.38. The van der Waals surface area contributed by atoms with Crippen LogP contribution < -0.4 is 5.73 Å². The van der Waals surface area contributed by atoms with Crippen molar-refractivity contribution in [3.8, 4) is 0 Å². The molecule has 0 radical (unpaired) electrons. The van der Waals surface area contributed by atoms with Gasteiger partial charge in [-0.15, -0.1) is 0 Å². The van der Waals surface area contributed by atoms with Crippen molar-refractivity contribution in [1.82, 2.24) is 4.98 Å². The zero-order chi connectivity index (χ0) is 13.7. The quantitative estimate of drug-likeness (QED) is 0.758. The molecule has 0 saturated carbocycles. The minimum atomic E-state index is -1.19. The van der Waals surface area contributed by atoms with Gasteiger partial charge >= 0.3 is 0 Å². The maximum atomic E-state index is 10.7. The summed E-state index contributed by atoms with van der Waals surface area (Å²) >= 11 is 6.79. The van der Waals surface area contributed by atoms with E-state index in [1.807, 2.05) is 0 Å². The van der Waals surface area contributed by atoms with E-state index in [0.29, 0.717) is 10.8 Å². The molecule has 0 bridgehead atoms. The molecule has 7 heteroatoms. The van der Waals surface area contributed by atoms with E-state index >= 15 is 0 Å². The van der Waals surface area contributed by atoms with Crippen LogP contribution in [-0.4, -0.2) is 32.2 Å². The first-order valence-corrected chi connectivity index (χ1v) is 6.68. The molecule has 1 heterocycles. The molecule has 0 aliphatic carbocycles.